The number of aromatic nitrogens is 4. The van der Waals surface area contributed by atoms with Crippen LogP contribution in [0.25, 0.3) is 5.69 Å². The summed E-state index contributed by atoms with van der Waals surface area (Å²) in [5.41, 5.74) is 1.80. The van der Waals surface area contributed by atoms with Gasteiger partial charge in [0.05, 0.1) is 29.8 Å². The summed E-state index contributed by atoms with van der Waals surface area (Å²) in [6, 6.07) is 6.34. The van der Waals surface area contributed by atoms with Gasteiger partial charge in [-0.2, -0.15) is 0 Å². The predicted octanol–water partition coefficient (Wildman–Crippen LogP) is 2.87. The lowest BCUT2D eigenvalue weighted by atomic mass is 10.3. The Bertz CT molecular complexity index is 725. The van der Waals surface area contributed by atoms with E-state index >= 15 is 0 Å². The molecule has 2 aromatic heterocycles. The Labute approximate surface area is 138 Å². The first-order valence-electron chi connectivity index (χ1n) is 5.96. The van der Waals surface area contributed by atoms with Crippen LogP contribution in [-0.4, -0.2) is 24.0 Å². The van der Waals surface area contributed by atoms with Gasteiger partial charge in [0.15, 0.2) is 0 Å². The van der Waals surface area contributed by atoms with Crippen LogP contribution in [0.2, 0.25) is 0 Å². The maximum absolute atomic E-state index is 10.6. The molecule has 3 aromatic rings. The third kappa shape index (κ3) is 3.84. The topological polar surface area (TPSA) is 78.8 Å². The van der Waals surface area contributed by atoms with Crippen LogP contribution >= 0.6 is 24.8 Å². The van der Waals surface area contributed by atoms with Gasteiger partial charge in [-0.1, -0.05) is 0 Å². The van der Waals surface area contributed by atoms with Gasteiger partial charge in [0.1, 0.15) is 0 Å². The second-order valence-corrected chi connectivity index (χ2v) is 4.28. The molecule has 0 saturated heterocycles. The molecule has 0 fully saturated rings. The summed E-state index contributed by atoms with van der Waals surface area (Å²) in [4.78, 5) is 18.5. The zero-order valence-corrected chi connectivity index (χ0v) is 12.9. The molecule has 116 valence electrons. The average Bonchev–Trinajstić information content (AvgIpc) is 3.11. The van der Waals surface area contributed by atoms with Gasteiger partial charge < -0.3 is 9.13 Å². The van der Waals surface area contributed by atoms with Crippen LogP contribution in [0.4, 0.5) is 5.69 Å². The van der Waals surface area contributed by atoms with Crippen LogP contribution in [0.1, 0.15) is 5.69 Å². The van der Waals surface area contributed by atoms with E-state index in [2.05, 4.69) is 9.97 Å². The van der Waals surface area contributed by atoms with Crippen molar-refractivity contribution in [2.75, 3.05) is 0 Å². The zero-order valence-electron chi connectivity index (χ0n) is 11.3. The molecule has 0 amide bonds. The molecule has 7 nitrogen and oxygen atoms in total. The quantitative estimate of drug-likeness (QED) is 0.539. The summed E-state index contributed by atoms with van der Waals surface area (Å²) in [7, 11) is 0. The summed E-state index contributed by atoms with van der Waals surface area (Å²) < 4.78 is 3.75. The molecule has 3 rings (SSSR count). The highest BCUT2D eigenvalue weighted by atomic mass is 35.5. The molecule has 0 bridgehead atoms. The van der Waals surface area contributed by atoms with Crippen LogP contribution in [0.5, 0.6) is 0 Å². The number of nitro benzene ring substituents is 1. The highest BCUT2D eigenvalue weighted by Crippen LogP contribution is 2.15. The smallest absolute Gasteiger partial charge is 0.269 e. The highest BCUT2D eigenvalue weighted by Gasteiger charge is 2.06. The second-order valence-electron chi connectivity index (χ2n) is 4.28. The maximum atomic E-state index is 10.6. The Kier molecular flexibility index (Phi) is 6.09. The van der Waals surface area contributed by atoms with Crippen LogP contribution in [0, 0.1) is 10.1 Å². The Balaban J connectivity index is 0.00000121. The van der Waals surface area contributed by atoms with Gasteiger partial charge in [-0.25, -0.2) is 9.97 Å². The average molecular weight is 342 g/mol. The van der Waals surface area contributed by atoms with E-state index in [1.54, 1.807) is 31.0 Å². The standard InChI is InChI=1S/C13H11N5O2.2ClH/c19-18(20)13-3-1-12(2-4-13)17-8-11(15-10-17)7-16-6-5-14-9-16;;/h1-6,8-10H,7H2;2*1H. The van der Waals surface area contributed by atoms with Crippen LogP contribution in [0.15, 0.2) is 55.5 Å². The number of benzene rings is 1. The molecule has 22 heavy (non-hydrogen) atoms. The van der Waals surface area contributed by atoms with Gasteiger partial charge in [-0.05, 0) is 12.1 Å². The molecule has 0 saturated carbocycles. The minimum absolute atomic E-state index is 0. The van der Waals surface area contributed by atoms with E-state index in [0.717, 1.165) is 11.4 Å². The minimum Gasteiger partial charge on any atom is -0.331 e. The number of hydrogen-bond donors (Lipinski definition) is 0. The lowest BCUT2D eigenvalue weighted by Gasteiger charge is -2.01. The minimum atomic E-state index is -0.415. The fraction of sp³-hybridized carbons (Fsp3) is 0.0769. The number of hydrogen-bond acceptors (Lipinski definition) is 4. The first-order chi connectivity index (χ1) is 9.72. The zero-order chi connectivity index (χ0) is 13.9. The van der Waals surface area contributed by atoms with Crippen molar-refractivity contribution < 1.29 is 4.92 Å². The van der Waals surface area contributed by atoms with Crippen molar-refractivity contribution in [3.63, 3.8) is 0 Å². The van der Waals surface area contributed by atoms with Gasteiger partial charge in [0.25, 0.3) is 5.69 Å². The molecule has 0 N–H and O–H groups in total. The van der Waals surface area contributed by atoms with Crippen molar-refractivity contribution in [3.05, 3.63) is 71.3 Å². The van der Waals surface area contributed by atoms with E-state index in [-0.39, 0.29) is 30.5 Å². The number of nitro groups is 1. The molecular formula is C13H13Cl2N5O2. The Morgan fingerprint density at radius 2 is 1.86 bits per heavy atom. The van der Waals surface area contributed by atoms with E-state index in [1.165, 1.54) is 12.1 Å². The third-order valence-electron chi connectivity index (χ3n) is 2.90. The summed E-state index contributed by atoms with van der Waals surface area (Å²) >= 11 is 0. The van der Waals surface area contributed by atoms with Gasteiger partial charge >= 0.3 is 0 Å². The van der Waals surface area contributed by atoms with Gasteiger partial charge in [-0.15, -0.1) is 24.8 Å². The van der Waals surface area contributed by atoms with Gasteiger partial charge in [0, 0.05) is 36.4 Å². The largest absolute Gasteiger partial charge is 0.331 e. The molecule has 0 aliphatic heterocycles. The normalized spacial score (nSPS) is 9.64. The first-order valence-corrected chi connectivity index (χ1v) is 5.96. The number of nitrogens with zero attached hydrogens (tertiary/aromatic N) is 5. The molecule has 0 aliphatic rings. The second kappa shape index (κ2) is 7.58. The van der Waals surface area contributed by atoms with Gasteiger partial charge in [-0.3, -0.25) is 10.1 Å². The molecule has 0 radical (unpaired) electrons. The molecule has 9 heteroatoms. The number of rotatable bonds is 4. The number of halogens is 2. The molecule has 0 aliphatic carbocycles. The SMILES string of the molecule is Cl.Cl.O=[N+]([O-])c1ccc(-n2cnc(Cn3ccnc3)c2)cc1. The summed E-state index contributed by atoms with van der Waals surface area (Å²) in [5.74, 6) is 0. The van der Waals surface area contributed by atoms with Crippen LogP contribution in [0.3, 0.4) is 0 Å². The summed E-state index contributed by atoms with van der Waals surface area (Å²) in [5, 5.41) is 10.6. The van der Waals surface area contributed by atoms with Crippen molar-refractivity contribution in [3.8, 4) is 5.69 Å². The third-order valence-corrected chi connectivity index (χ3v) is 2.90. The lowest BCUT2D eigenvalue weighted by Crippen LogP contribution is -1.96. The van der Waals surface area contributed by atoms with Crippen molar-refractivity contribution >= 4 is 30.5 Å². The van der Waals surface area contributed by atoms with Crippen molar-refractivity contribution in [2.45, 2.75) is 6.54 Å². The molecule has 0 atom stereocenters. The van der Waals surface area contributed by atoms with E-state index in [0.29, 0.717) is 6.54 Å². The Morgan fingerprint density at radius 3 is 2.45 bits per heavy atom. The molecular weight excluding hydrogens is 329 g/mol. The van der Waals surface area contributed by atoms with E-state index in [1.807, 2.05) is 21.5 Å². The van der Waals surface area contributed by atoms with E-state index in [4.69, 9.17) is 0 Å². The van der Waals surface area contributed by atoms with Crippen molar-refractivity contribution in [1.29, 1.82) is 0 Å². The van der Waals surface area contributed by atoms with Crippen LogP contribution in [-0.2, 0) is 6.54 Å². The van der Waals surface area contributed by atoms with Crippen molar-refractivity contribution in [2.24, 2.45) is 0 Å². The Hall–Kier alpha value is -2.38. The maximum Gasteiger partial charge on any atom is 0.269 e. The fourth-order valence-electron chi connectivity index (χ4n) is 1.90. The monoisotopic (exact) mass is 341 g/mol. The van der Waals surface area contributed by atoms with E-state index in [9.17, 15) is 10.1 Å². The number of imidazole rings is 2. The van der Waals surface area contributed by atoms with Crippen LogP contribution < -0.4 is 0 Å². The summed E-state index contributed by atoms with van der Waals surface area (Å²) in [6.45, 7) is 0.639. The first kappa shape index (κ1) is 17.7. The molecule has 1 aromatic carbocycles. The fourth-order valence-corrected chi connectivity index (χ4v) is 1.90. The number of non-ortho nitro benzene ring substituents is 1. The molecule has 0 unspecified atom stereocenters. The highest BCUT2D eigenvalue weighted by molar-refractivity contribution is 5.85. The lowest BCUT2D eigenvalue weighted by molar-refractivity contribution is -0.384. The predicted molar refractivity (Wildman–Crippen MR) is 86.0 cm³/mol. The Morgan fingerprint density at radius 1 is 1.14 bits per heavy atom. The molecule has 2 heterocycles. The van der Waals surface area contributed by atoms with Crippen molar-refractivity contribution in [1.82, 2.24) is 19.1 Å². The van der Waals surface area contributed by atoms with E-state index < -0.39 is 4.92 Å². The molecule has 0 spiro atoms. The van der Waals surface area contributed by atoms with Gasteiger partial charge in [0.2, 0.25) is 0 Å². The summed E-state index contributed by atoms with van der Waals surface area (Å²) in [6.07, 6.45) is 8.89.